The minimum atomic E-state index is -0.981. The molecule has 0 aromatic heterocycles. The number of fused-ring (bicyclic) bond motifs is 3. The second-order valence-electron chi connectivity index (χ2n) is 8.76. The molecule has 180 valence electrons. The molecule has 2 aliphatic rings. The summed E-state index contributed by atoms with van der Waals surface area (Å²) in [6, 6.07) is 16.8. The van der Waals surface area contributed by atoms with E-state index in [0.29, 0.717) is 34.8 Å². The Morgan fingerprint density at radius 3 is 2.60 bits per heavy atom. The Balaban J connectivity index is 1.45. The first-order chi connectivity index (χ1) is 16.9. The van der Waals surface area contributed by atoms with Crippen molar-refractivity contribution in [2.45, 2.75) is 31.9 Å². The van der Waals surface area contributed by atoms with Gasteiger partial charge in [-0.25, -0.2) is 4.79 Å². The maximum atomic E-state index is 11.6. The van der Waals surface area contributed by atoms with Gasteiger partial charge in [-0.3, -0.25) is 0 Å². The topological polar surface area (TPSA) is 67.8 Å². The van der Waals surface area contributed by atoms with Gasteiger partial charge in [0.2, 0.25) is 0 Å². The van der Waals surface area contributed by atoms with E-state index in [9.17, 15) is 9.90 Å². The number of carboxylic acids is 1. The van der Waals surface area contributed by atoms with Gasteiger partial charge in [0.15, 0.2) is 11.5 Å². The van der Waals surface area contributed by atoms with Crippen LogP contribution in [0.3, 0.4) is 0 Å². The highest BCUT2D eigenvalue weighted by Crippen LogP contribution is 2.52. The molecule has 2 N–H and O–H groups in total. The Hall–Kier alpha value is -3.15. The molecule has 0 bridgehead atoms. The summed E-state index contributed by atoms with van der Waals surface area (Å²) in [7, 11) is 0. The van der Waals surface area contributed by atoms with Crippen LogP contribution in [-0.4, -0.2) is 17.7 Å². The van der Waals surface area contributed by atoms with E-state index in [1.807, 2.05) is 43.3 Å². The highest BCUT2D eigenvalue weighted by atomic mass is 35.5. The fraction of sp³-hybridized carbons (Fsp3) is 0.250. The lowest BCUT2D eigenvalue weighted by atomic mass is 9.76. The van der Waals surface area contributed by atoms with Crippen molar-refractivity contribution in [3.63, 3.8) is 0 Å². The summed E-state index contributed by atoms with van der Waals surface area (Å²) in [5, 5.41) is 14.2. The van der Waals surface area contributed by atoms with E-state index in [4.69, 9.17) is 32.7 Å². The molecule has 1 aliphatic carbocycles. The van der Waals surface area contributed by atoms with Gasteiger partial charge < -0.3 is 19.9 Å². The van der Waals surface area contributed by atoms with Crippen molar-refractivity contribution in [2.24, 2.45) is 5.92 Å². The fourth-order valence-corrected chi connectivity index (χ4v) is 5.36. The molecule has 0 saturated carbocycles. The van der Waals surface area contributed by atoms with Crippen LogP contribution in [0, 0.1) is 5.92 Å². The minimum absolute atomic E-state index is 0.0137. The predicted octanol–water partition coefficient (Wildman–Crippen LogP) is 7.50. The lowest BCUT2D eigenvalue weighted by molar-refractivity contribution is 0.0696. The molecular weight excluding hydrogens is 485 g/mol. The monoisotopic (exact) mass is 509 g/mol. The maximum Gasteiger partial charge on any atom is 0.335 e. The van der Waals surface area contributed by atoms with E-state index in [1.165, 1.54) is 6.07 Å². The summed E-state index contributed by atoms with van der Waals surface area (Å²) in [4.78, 5) is 11.6. The number of carbonyl (C=O) groups is 1. The van der Waals surface area contributed by atoms with Crippen LogP contribution in [0.2, 0.25) is 10.0 Å². The Morgan fingerprint density at radius 2 is 1.86 bits per heavy atom. The van der Waals surface area contributed by atoms with Crippen LogP contribution in [0.1, 0.15) is 52.4 Å². The maximum absolute atomic E-state index is 11.6. The smallest absolute Gasteiger partial charge is 0.335 e. The average Bonchev–Trinajstić information content (AvgIpc) is 3.34. The van der Waals surface area contributed by atoms with Gasteiger partial charge in [0.1, 0.15) is 6.61 Å². The van der Waals surface area contributed by atoms with Gasteiger partial charge in [0.05, 0.1) is 28.9 Å². The summed E-state index contributed by atoms with van der Waals surface area (Å²) in [5.74, 6) is 0.696. The highest BCUT2D eigenvalue weighted by molar-refractivity contribution is 6.34. The SMILES string of the molecule is CCOc1cc([C@@H]2Nc3c(Cl)cc(C(=O)O)cc3[C@@H]3C=CC[C@@H]32)ccc1OCc1ccc(Cl)cc1. The first-order valence-electron chi connectivity index (χ1n) is 11.6. The Bertz CT molecular complexity index is 1290. The van der Waals surface area contributed by atoms with Crippen molar-refractivity contribution >= 4 is 34.9 Å². The summed E-state index contributed by atoms with van der Waals surface area (Å²) in [6.07, 6.45) is 5.20. The zero-order chi connectivity index (χ0) is 24.5. The molecule has 5 nitrogen and oxygen atoms in total. The average molecular weight is 510 g/mol. The quantitative estimate of drug-likeness (QED) is 0.322. The molecular formula is C28H25Cl2NO4. The highest BCUT2D eigenvalue weighted by Gasteiger charge is 2.39. The van der Waals surface area contributed by atoms with E-state index in [2.05, 4.69) is 23.5 Å². The molecule has 0 amide bonds. The summed E-state index contributed by atoms with van der Waals surface area (Å²) < 4.78 is 12.0. The molecule has 3 atom stereocenters. The third-order valence-corrected chi connectivity index (χ3v) is 7.15. The molecule has 1 heterocycles. The first-order valence-corrected chi connectivity index (χ1v) is 12.3. The summed E-state index contributed by atoms with van der Waals surface area (Å²) >= 11 is 12.5. The molecule has 3 aromatic carbocycles. The molecule has 3 aromatic rings. The molecule has 0 saturated heterocycles. The third-order valence-electron chi connectivity index (χ3n) is 6.60. The van der Waals surface area contributed by atoms with Crippen LogP contribution < -0.4 is 14.8 Å². The molecule has 35 heavy (non-hydrogen) atoms. The lowest BCUT2D eigenvalue weighted by Crippen LogP contribution is -2.29. The van der Waals surface area contributed by atoms with Gasteiger partial charge in [-0.1, -0.05) is 53.6 Å². The molecule has 0 spiro atoms. The number of hydrogen-bond donors (Lipinski definition) is 2. The Morgan fingerprint density at radius 1 is 1.06 bits per heavy atom. The van der Waals surface area contributed by atoms with E-state index in [-0.39, 0.29) is 23.4 Å². The normalized spacial score (nSPS) is 20.0. The minimum Gasteiger partial charge on any atom is -0.490 e. The van der Waals surface area contributed by atoms with Gasteiger partial charge >= 0.3 is 5.97 Å². The zero-order valence-corrected chi connectivity index (χ0v) is 20.6. The van der Waals surface area contributed by atoms with Crippen LogP contribution in [0.25, 0.3) is 0 Å². The van der Waals surface area contributed by atoms with Gasteiger partial charge in [-0.05, 0) is 72.4 Å². The number of halogens is 2. The molecule has 0 unspecified atom stereocenters. The largest absolute Gasteiger partial charge is 0.490 e. The van der Waals surface area contributed by atoms with E-state index >= 15 is 0 Å². The number of aromatic carboxylic acids is 1. The molecule has 1 aliphatic heterocycles. The van der Waals surface area contributed by atoms with Crippen LogP contribution in [0.4, 0.5) is 5.69 Å². The van der Waals surface area contributed by atoms with Crippen molar-refractivity contribution in [3.8, 4) is 11.5 Å². The van der Waals surface area contributed by atoms with Gasteiger partial charge in [-0.2, -0.15) is 0 Å². The van der Waals surface area contributed by atoms with Gasteiger partial charge in [0, 0.05) is 10.9 Å². The lowest BCUT2D eigenvalue weighted by Gasteiger charge is -2.38. The number of allylic oxidation sites excluding steroid dienone is 2. The number of carboxylic acid groups (broad SMARTS) is 1. The van der Waals surface area contributed by atoms with Crippen LogP contribution in [0.5, 0.6) is 11.5 Å². The molecule has 0 radical (unpaired) electrons. The Labute approximate surface area is 214 Å². The van der Waals surface area contributed by atoms with Crippen molar-refractivity contribution in [3.05, 3.63) is 99.0 Å². The van der Waals surface area contributed by atoms with Gasteiger partial charge in [-0.15, -0.1) is 0 Å². The second-order valence-corrected chi connectivity index (χ2v) is 9.60. The second kappa shape index (κ2) is 9.84. The molecule has 7 heteroatoms. The first kappa shape index (κ1) is 23.6. The Kier molecular flexibility index (Phi) is 6.63. The van der Waals surface area contributed by atoms with Crippen molar-refractivity contribution in [1.29, 1.82) is 0 Å². The number of benzene rings is 3. The fourth-order valence-electron chi connectivity index (χ4n) is 4.96. The number of nitrogens with one attached hydrogen (secondary N) is 1. The van der Waals surface area contributed by atoms with Crippen molar-refractivity contribution in [1.82, 2.24) is 0 Å². The van der Waals surface area contributed by atoms with Gasteiger partial charge in [0.25, 0.3) is 0 Å². The standard InChI is InChI=1S/C28H25Cl2NO4/c1-2-34-25-14-17(8-11-24(25)35-15-16-6-9-19(29)10-7-16)26-21-5-3-4-20(21)22-12-18(28(32)33)13-23(30)27(22)31-26/h3-4,6-14,20-21,26,31H,2,5,15H2,1H3,(H,32,33)/t20-,21+,26+/m1/s1. The number of rotatable bonds is 7. The summed E-state index contributed by atoms with van der Waals surface area (Å²) in [5.41, 5.74) is 4.00. The van der Waals surface area contributed by atoms with Crippen LogP contribution in [-0.2, 0) is 6.61 Å². The third kappa shape index (κ3) is 4.71. The van der Waals surface area contributed by atoms with Crippen LogP contribution in [0.15, 0.2) is 66.7 Å². The number of hydrogen-bond acceptors (Lipinski definition) is 4. The van der Waals surface area contributed by atoms with E-state index in [1.54, 1.807) is 6.07 Å². The molecule has 0 fully saturated rings. The molecule has 5 rings (SSSR count). The number of anilines is 1. The van der Waals surface area contributed by atoms with E-state index < -0.39 is 5.97 Å². The summed E-state index contributed by atoms with van der Waals surface area (Å²) in [6.45, 7) is 2.86. The van der Waals surface area contributed by atoms with Crippen molar-refractivity contribution < 1.29 is 19.4 Å². The van der Waals surface area contributed by atoms with Crippen LogP contribution >= 0.6 is 23.2 Å². The predicted molar refractivity (Wildman–Crippen MR) is 138 cm³/mol. The number of ether oxygens (including phenoxy) is 2. The zero-order valence-electron chi connectivity index (χ0n) is 19.1. The van der Waals surface area contributed by atoms with Crippen molar-refractivity contribution in [2.75, 3.05) is 11.9 Å². The van der Waals surface area contributed by atoms with E-state index in [0.717, 1.165) is 28.8 Å².